The van der Waals surface area contributed by atoms with Crippen LogP contribution in [0.15, 0.2) is 71.6 Å². The fourth-order valence-electron chi connectivity index (χ4n) is 3.40. The van der Waals surface area contributed by atoms with Crippen molar-refractivity contribution >= 4 is 10.0 Å². The zero-order valence-corrected chi connectivity index (χ0v) is 16.4. The highest BCUT2D eigenvalue weighted by atomic mass is 32.2. The van der Waals surface area contributed by atoms with Gasteiger partial charge in [-0.05, 0) is 35.7 Å². The molecule has 1 heterocycles. The SMILES string of the molecule is O=S(=O)(NCCc1cc(F)cc2c1OCOC2)c1ccccc1-c1ccccc1. The molecular weight excluding hydrogens is 393 g/mol. The number of hydrogen-bond acceptors (Lipinski definition) is 4. The van der Waals surface area contributed by atoms with Crippen molar-refractivity contribution in [2.75, 3.05) is 13.3 Å². The molecule has 3 aromatic rings. The number of ether oxygens (including phenoxy) is 2. The average molecular weight is 413 g/mol. The fourth-order valence-corrected chi connectivity index (χ4v) is 4.66. The minimum atomic E-state index is -3.75. The maximum atomic E-state index is 13.9. The first-order valence-electron chi connectivity index (χ1n) is 9.20. The van der Waals surface area contributed by atoms with Gasteiger partial charge in [0, 0.05) is 17.7 Å². The molecule has 0 radical (unpaired) electrons. The largest absolute Gasteiger partial charge is 0.467 e. The number of sulfonamides is 1. The van der Waals surface area contributed by atoms with E-state index in [4.69, 9.17) is 9.47 Å². The number of fused-ring (bicyclic) bond motifs is 1. The van der Waals surface area contributed by atoms with Crippen LogP contribution in [0.25, 0.3) is 11.1 Å². The van der Waals surface area contributed by atoms with Crippen LogP contribution in [0.2, 0.25) is 0 Å². The van der Waals surface area contributed by atoms with E-state index >= 15 is 0 Å². The molecule has 3 aromatic carbocycles. The van der Waals surface area contributed by atoms with Gasteiger partial charge in [-0.1, -0.05) is 48.5 Å². The summed E-state index contributed by atoms with van der Waals surface area (Å²) in [5, 5.41) is 0. The third-order valence-corrected chi connectivity index (χ3v) is 6.22. The summed E-state index contributed by atoms with van der Waals surface area (Å²) in [6.07, 6.45) is 0.298. The van der Waals surface area contributed by atoms with Crippen LogP contribution in [0.5, 0.6) is 5.75 Å². The van der Waals surface area contributed by atoms with Gasteiger partial charge in [0.25, 0.3) is 0 Å². The Morgan fingerprint density at radius 1 is 1.00 bits per heavy atom. The zero-order chi connectivity index (χ0) is 20.3. The Morgan fingerprint density at radius 2 is 1.76 bits per heavy atom. The fraction of sp³-hybridized carbons (Fsp3) is 0.182. The second-order valence-corrected chi connectivity index (χ2v) is 8.41. The van der Waals surface area contributed by atoms with E-state index in [0.29, 0.717) is 28.9 Å². The van der Waals surface area contributed by atoms with E-state index in [1.807, 2.05) is 30.3 Å². The van der Waals surface area contributed by atoms with Gasteiger partial charge in [0.1, 0.15) is 11.6 Å². The lowest BCUT2D eigenvalue weighted by Crippen LogP contribution is -2.27. The van der Waals surface area contributed by atoms with Crippen molar-refractivity contribution in [1.29, 1.82) is 0 Å². The summed E-state index contributed by atoms with van der Waals surface area (Å²) in [5.41, 5.74) is 2.69. The van der Waals surface area contributed by atoms with Crippen LogP contribution in [-0.2, 0) is 27.8 Å². The quantitative estimate of drug-likeness (QED) is 0.666. The molecule has 0 atom stereocenters. The van der Waals surface area contributed by atoms with Gasteiger partial charge in [-0.3, -0.25) is 0 Å². The van der Waals surface area contributed by atoms with Crippen molar-refractivity contribution in [1.82, 2.24) is 4.72 Å². The third-order valence-electron chi connectivity index (χ3n) is 4.70. The average Bonchev–Trinajstić information content (AvgIpc) is 2.74. The Labute approximate surface area is 169 Å². The van der Waals surface area contributed by atoms with Gasteiger partial charge in [0.15, 0.2) is 6.79 Å². The summed E-state index contributed by atoms with van der Waals surface area (Å²) in [7, 11) is -3.75. The number of rotatable bonds is 6. The van der Waals surface area contributed by atoms with Crippen LogP contribution in [0.4, 0.5) is 4.39 Å². The lowest BCUT2D eigenvalue weighted by Gasteiger charge is -2.21. The van der Waals surface area contributed by atoms with E-state index in [9.17, 15) is 12.8 Å². The summed E-state index contributed by atoms with van der Waals surface area (Å²) in [4.78, 5) is 0.206. The van der Waals surface area contributed by atoms with Gasteiger partial charge in [0.05, 0.1) is 11.5 Å². The minimum absolute atomic E-state index is 0.0990. The smallest absolute Gasteiger partial charge is 0.241 e. The molecule has 0 amide bonds. The van der Waals surface area contributed by atoms with E-state index in [1.54, 1.807) is 24.3 Å². The van der Waals surface area contributed by atoms with Crippen molar-refractivity contribution in [2.45, 2.75) is 17.9 Å². The Hall–Kier alpha value is -2.74. The molecule has 29 heavy (non-hydrogen) atoms. The highest BCUT2D eigenvalue weighted by molar-refractivity contribution is 7.89. The molecule has 1 N–H and O–H groups in total. The highest BCUT2D eigenvalue weighted by Crippen LogP contribution is 2.30. The molecule has 150 valence electrons. The van der Waals surface area contributed by atoms with Gasteiger partial charge >= 0.3 is 0 Å². The summed E-state index contributed by atoms with van der Waals surface area (Å²) in [5.74, 6) is 0.173. The van der Waals surface area contributed by atoms with Crippen LogP contribution in [-0.4, -0.2) is 21.8 Å². The lowest BCUT2D eigenvalue weighted by atomic mass is 10.1. The zero-order valence-electron chi connectivity index (χ0n) is 15.6. The summed E-state index contributed by atoms with van der Waals surface area (Å²) in [6.45, 7) is 0.490. The number of hydrogen-bond donors (Lipinski definition) is 1. The molecule has 0 fully saturated rings. The van der Waals surface area contributed by atoms with Crippen LogP contribution in [0, 0.1) is 5.82 Å². The molecule has 5 nitrogen and oxygen atoms in total. The number of halogens is 1. The van der Waals surface area contributed by atoms with Crippen LogP contribution in [0.3, 0.4) is 0 Å². The van der Waals surface area contributed by atoms with Crippen molar-refractivity contribution in [3.05, 3.63) is 83.7 Å². The molecule has 0 aliphatic carbocycles. The van der Waals surface area contributed by atoms with Gasteiger partial charge in [-0.25, -0.2) is 17.5 Å². The van der Waals surface area contributed by atoms with Crippen molar-refractivity contribution in [3.63, 3.8) is 0 Å². The van der Waals surface area contributed by atoms with E-state index in [-0.39, 0.29) is 24.8 Å². The first kappa shape index (κ1) is 19.6. The molecular formula is C22H20FNO4S. The van der Waals surface area contributed by atoms with E-state index in [0.717, 1.165) is 5.56 Å². The maximum Gasteiger partial charge on any atom is 0.241 e. The van der Waals surface area contributed by atoms with Gasteiger partial charge in [-0.15, -0.1) is 0 Å². The lowest BCUT2D eigenvalue weighted by molar-refractivity contribution is -0.0172. The predicted molar refractivity (Wildman–Crippen MR) is 107 cm³/mol. The molecule has 1 aliphatic rings. The summed E-state index contributed by atoms with van der Waals surface area (Å²) < 4.78 is 53.0. The molecule has 4 rings (SSSR count). The maximum absolute atomic E-state index is 13.9. The molecule has 0 saturated carbocycles. The molecule has 0 saturated heterocycles. The Balaban J connectivity index is 1.54. The van der Waals surface area contributed by atoms with Crippen molar-refractivity contribution in [2.24, 2.45) is 0 Å². The minimum Gasteiger partial charge on any atom is -0.467 e. The molecule has 1 aliphatic heterocycles. The normalized spacial score (nSPS) is 13.6. The van der Waals surface area contributed by atoms with Crippen LogP contribution >= 0.6 is 0 Å². The van der Waals surface area contributed by atoms with E-state index < -0.39 is 15.8 Å². The Morgan fingerprint density at radius 3 is 2.59 bits per heavy atom. The van der Waals surface area contributed by atoms with Crippen molar-refractivity contribution < 1.29 is 22.3 Å². The highest BCUT2D eigenvalue weighted by Gasteiger charge is 2.20. The standard InChI is InChI=1S/C22H20FNO4S/c23-19-12-17(22-18(13-19)14-27-15-28-22)10-11-24-29(25,26)21-9-5-4-8-20(21)16-6-2-1-3-7-16/h1-9,12-13,24H,10-11,14-15H2. The van der Waals surface area contributed by atoms with Crippen LogP contribution in [0.1, 0.15) is 11.1 Å². The summed E-state index contributed by atoms with van der Waals surface area (Å²) in [6, 6.07) is 18.9. The van der Waals surface area contributed by atoms with Crippen molar-refractivity contribution in [3.8, 4) is 16.9 Å². The van der Waals surface area contributed by atoms with Gasteiger partial charge < -0.3 is 9.47 Å². The number of benzene rings is 3. The van der Waals surface area contributed by atoms with Gasteiger partial charge in [0.2, 0.25) is 10.0 Å². The topological polar surface area (TPSA) is 64.6 Å². The second-order valence-electron chi connectivity index (χ2n) is 6.67. The van der Waals surface area contributed by atoms with Gasteiger partial charge in [-0.2, -0.15) is 0 Å². The predicted octanol–water partition coefficient (Wildman–Crippen LogP) is 3.88. The van der Waals surface area contributed by atoms with Crippen LogP contribution < -0.4 is 9.46 Å². The van der Waals surface area contributed by atoms with E-state index in [2.05, 4.69) is 4.72 Å². The Kier molecular flexibility index (Phi) is 5.62. The summed E-state index contributed by atoms with van der Waals surface area (Å²) >= 11 is 0. The molecule has 0 spiro atoms. The molecule has 7 heteroatoms. The Bertz CT molecular complexity index is 1120. The van der Waals surface area contributed by atoms with E-state index in [1.165, 1.54) is 12.1 Å². The molecule has 0 unspecified atom stereocenters. The first-order valence-corrected chi connectivity index (χ1v) is 10.7. The monoisotopic (exact) mass is 413 g/mol. The molecule has 0 bridgehead atoms. The third kappa shape index (κ3) is 4.32. The number of nitrogens with one attached hydrogen (secondary N) is 1. The second kappa shape index (κ2) is 8.32. The first-order chi connectivity index (χ1) is 14.0. The molecule has 0 aromatic heterocycles.